The number of anilines is 2. The Labute approximate surface area is 112 Å². The van der Waals surface area contributed by atoms with Gasteiger partial charge < -0.3 is 11.1 Å². The van der Waals surface area contributed by atoms with E-state index in [-0.39, 0.29) is 11.5 Å². The van der Waals surface area contributed by atoms with Crippen molar-refractivity contribution in [1.82, 2.24) is 9.78 Å². The van der Waals surface area contributed by atoms with Crippen LogP contribution in [0.2, 0.25) is 0 Å². The minimum atomic E-state index is -1.29. The first-order valence-electron chi connectivity index (χ1n) is 5.56. The van der Waals surface area contributed by atoms with Gasteiger partial charge in [-0.1, -0.05) is 0 Å². The van der Waals surface area contributed by atoms with Crippen LogP contribution in [0.25, 0.3) is 0 Å². The van der Waals surface area contributed by atoms with Gasteiger partial charge in [-0.3, -0.25) is 9.48 Å². The van der Waals surface area contributed by atoms with Crippen LogP contribution >= 0.6 is 0 Å². The molecule has 0 aliphatic carbocycles. The molecule has 0 aliphatic heterocycles. The third-order valence-corrected chi connectivity index (χ3v) is 2.73. The Morgan fingerprint density at radius 2 is 1.85 bits per heavy atom. The number of nitrogens with one attached hydrogen (secondary N) is 1. The van der Waals surface area contributed by atoms with Gasteiger partial charge in [-0.05, 0) is 6.92 Å². The lowest BCUT2D eigenvalue weighted by atomic mass is 10.1. The number of halogens is 3. The fourth-order valence-electron chi connectivity index (χ4n) is 1.75. The second-order valence-corrected chi connectivity index (χ2v) is 4.17. The van der Waals surface area contributed by atoms with E-state index in [1.807, 2.05) is 0 Å². The van der Waals surface area contributed by atoms with Gasteiger partial charge in [-0.2, -0.15) is 5.10 Å². The maximum absolute atomic E-state index is 13.5. The van der Waals surface area contributed by atoms with Crippen molar-refractivity contribution in [3.63, 3.8) is 0 Å². The third-order valence-electron chi connectivity index (χ3n) is 2.73. The monoisotopic (exact) mass is 284 g/mol. The van der Waals surface area contributed by atoms with Gasteiger partial charge in [-0.15, -0.1) is 0 Å². The van der Waals surface area contributed by atoms with Gasteiger partial charge in [0.25, 0.3) is 5.91 Å². The predicted molar refractivity (Wildman–Crippen MR) is 66.6 cm³/mol. The number of amides is 1. The molecule has 5 nitrogen and oxygen atoms in total. The van der Waals surface area contributed by atoms with E-state index in [9.17, 15) is 18.0 Å². The molecular formula is C12H11F3N4O. The number of nitrogen functional groups attached to an aromatic ring is 1. The van der Waals surface area contributed by atoms with E-state index < -0.39 is 28.9 Å². The number of benzene rings is 1. The van der Waals surface area contributed by atoms with Crippen LogP contribution in [0.1, 0.15) is 16.1 Å². The smallest absolute Gasteiger partial charge is 0.262 e. The Hall–Kier alpha value is -2.51. The molecular weight excluding hydrogens is 273 g/mol. The number of aromatic nitrogens is 2. The van der Waals surface area contributed by atoms with Gasteiger partial charge in [0.05, 0.1) is 11.4 Å². The molecule has 2 rings (SSSR count). The number of nitrogens with two attached hydrogens (primary N) is 1. The van der Waals surface area contributed by atoms with Crippen LogP contribution in [-0.4, -0.2) is 15.7 Å². The van der Waals surface area contributed by atoms with Crippen LogP contribution in [-0.2, 0) is 7.05 Å². The van der Waals surface area contributed by atoms with Crippen LogP contribution in [0.3, 0.4) is 0 Å². The molecule has 1 aromatic heterocycles. The van der Waals surface area contributed by atoms with E-state index in [0.717, 1.165) is 0 Å². The van der Waals surface area contributed by atoms with Gasteiger partial charge >= 0.3 is 0 Å². The molecule has 3 N–H and O–H groups in total. The number of carbonyl (C=O) groups excluding carboxylic acids is 1. The maximum Gasteiger partial charge on any atom is 0.262 e. The van der Waals surface area contributed by atoms with Crippen molar-refractivity contribution in [1.29, 1.82) is 0 Å². The number of hydrogen-bond acceptors (Lipinski definition) is 3. The molecule has 0 aliphatic rings. The zero-order chi connectivity index (χ0) is 15.0. The molecule has 1 amide bonds. The van der Waals surface area contributed by atoms with Gasteiger partial charge in [0, 0.05) is 19.2 Å². The SMILES string of the molecule is Cc1nn(C)c(NC(=O)c2c(F)cc(F)cc2F)c1N. The van der Waals surface area contributed by atoms with Crippen molar-refractivity contribution in [2.45, 2.75) is 6.92 Å². The van der Waals surface area contributed by atoms with E-state index in [1.54, 1.807) is 6.92 Å². The molecule has 2 aromatic rings. The molecule has 0 fully saturated rings. The third kappa shape index (κ3) is 2.31. The molecule has 0 unspecified atom stereocenters. The van der Waals surface area contributed by atoms with E-state index in [4.69, 9.17) is 5.73 Å². The topological polar surface area (TPSA) is 72.9 Å². The van der Waals surface area contributed by atoms with Gasteiger partial charge in [0.15, 0.2) is 5.82 Å². The van der Waals surface area contributed by atoms with Crippen LogP contribution in [0.4, 0.5) is 24.7 Å². The average Bonchev–Trinajstić information content (AvgIpc) is 2.54. The average molecular weight is 284 g/mol. The molecule has 1 aromatic carbocycles. The Balaban J connectivity index is 2.38. The second kappa shape index (κ2) is 4.87. The van der Waals surface area contributed by atoms with Crippen molar-refractivity contribution in [2.24, 2.45) is 7.05 Å². The largest absolute Gasteiger partial charge is 0.394 e. The fourth-order valence-corrected chi connectivity index (χ4v) is 1.75. The molecule has 20 heavy (non-hydrogen) atoms. The molecule has 0 saturated heterocycles. The molecule has 106 valence electrons. The van der Waals surface area contributed by atoms with Crippen LogP contribution < -0.4 is 11.1 Å². The van der Waals surface area contributed by atoms with Crippen LogP contribution in [0, 0.1) is 24.4 Å². The summed E-state index contributed by atoms with van der Waals surface area (Å²) in [5.74, 6) is -4.66. The summed E-state index contributed by atoms with van der Waals surface area (Å²) in [6, 6.07) is 0.853. The number of carbonyl (C=O) groups is 1. The molecule has 0 bridgehead atoms. The van der Waals surface area contributed by atoms with E-state index >= 15 is 0 Å². The zero-order valence-electron chi connectivity index (χ0n) is 10.7. The van der Waals surface area contributed by atoms with Crippen LogP contribution in [0.5, 0.6) is 0 Å². The first kappa shape index (κ1) is 13.9. The Bertz CT molecular complexity index is 673. The van der Waals surface area contributed by atoms with E-state index in [1.165, 1.54) is 11.7 Å². The number of rotatable bonds is 2. The molecule has 0 spiro atoms. The number of hydrogen-bond donors (Lipinski definition) is 2. The van der Waals surface area contributed by atoms with Gasteiger partial charge in [0.2, 0.25) is 0 Å². The van der Waals surface area contributed by atoms with Crippen molar-refractivity contribution in [2.75, 3.05) is 11.1 Å². The van der Waals surface area contributed by atoms with Crippen molar-refractivity contribution in [3.8, 4) is 0 Å². The summed E-state index contributed by atoms with van der Waals surface area (Å²) < 4.78 is 41.0. The lowest BCUT2D eigenvalue weighted by Gasteiger charge is -2.08. The highest BCUT2D eigenvalue weighted by molar-refractivity contribution is 6.05. The van der Waals surface area contributed by atoms with Crippen molar-refractivity contribution in [3.05, 3.63) is 40.8 Å². The highest BCUT2D eigenvalue weighted by atomic mass is 19.1. The summed E-state index contributed by atoms with van der Waals surface area (Å²) >= 11 is 0. The Morgan fingerprint density at radius 1 is 1.30 bits per heavy atom. The summed E-state index contributed by atoms with van der Waals surface area (Å²) in [6.45, 7) is 1.62. The second-order valence-electron chi connectivity index (χ2n) is 4.17. The highest BCUT2D eigenvalue weighted by Gasteiger charge is 2.21. The van der Waals surface area contributed by atoms with Gasteiger partial charge in [0.1, 0.15) is 23.0 Å². The summed E-state index contributed by atoms with van der Waals surface area (Å²) in [4.78, 5) is 11.9. The summed E-state index contributed by atoms with van der Waals surface area (Å²) in [5.41, 5.74) is 5.44. The number of aryl methyl sites for hydroxylation is 2. The normalized spacial score (nSPS) is 10.7. The summed E-state index contributed by atoms with van der Waals surface area (Å²) in [7, 11) is 1.51. The fraction of sp³-hybridized carbons (Fsp3) is 0.167. The molecule has 1 heterocycles. The molecule has 8 heteroatoms. The van der Waals surface area contributed by atoms with Crippen LogP contribution in [0.15, 0.2) is 12.1 Å². The summed E-state index contributed by atoms with van der Waals surface area (Å²) in [5, 5.41) is 6.20. The first-order chi connectivity index (χ1) is 9.31. The minimum Gasteiger partial charge on any atom is -0.394 e. The highest BCUT2D eigenvalue weighted by Crippen LogP contribution is 2.23. The predicted octanol–water partition coefficient (Wildman–Crippen LogP) is 1.98. The lowest BCUT2D eigenvalue weighted by molar-refractivity contribution is 0.101. The zero-order valence-corrected chi connectivity index (χ0v) is 10.7. The van der Waals surface area contributed by atoms with E-state index in [0.29, 0.717) is 17.8 Å². The van der Waals surface area contributed by atoms with Crippen molar-refractivity contribution >= 4 is 17.4 Å². The van der Waals surface area contributed by atoms with E-state index in [2.05, 4.69) is 10.4 Å². The van der Waals surface area contributed by atoms with Gasteiger partial charge in [-0.25, -0.2) is 13.2 Å². The Kier molecular flexibility index (Phi) is 3.39. The molecule has 0 atom stereocenters. The molecule has 0 radical (unpaired) electrons. The van der Waals surface area contributed by atoms with Crippen molar-refractivity contribution < 1.29 is 18.0 Å². The minimum absolute atomic E-state index is 0.107. The summed E-state index contributed by atoms with van der Waals surface area (Å²) in [6.07, 6.45) is 0. The first-order valence-corrected chi connectivity index (χ1v) is 5.56. The molecule has 0 saturated carbocycles. The standard InChI is InChI=1S/C12H11F3N4O/c1-5-10(16)11(19(2)18-5)17-12(20)9-7(14)3-6(13)4-8(9)15/h3-4H,16H2,1-2H3,(H,17,20). The Morgan fingerprint density at radius 3 is 2.30 bits per heavy atom. The quantitative estimate of drug-likeness (QED) is 0.885. The maximum atomic E-state index is 13.5. The number of nitrogens with zero attached hydrogens (tertiary/aromatic N) is 2. The lowest BCUT2D eigenvalue weighted by Crippen LogP contribution is -2.18.